The third-order valence-electron chi connectivity index (χ3n) is 21.5. The molecule has 1 aliphatic rings. The van der Waals surface area contributed by atoms with Gasteiger partial charge in [-0.15, -0.1) is 0 Å². The summed E-state index contributed by atoms with van der Waals surface area (Å²) in [4.78, 5) is 14.1. The molecule has 4 heterocycles. The Morgan fingerprint density at radius 2 is 0.874 bits per heavy atom. The number of aliphatic imine (C=N–C) groups is 2. The molecule has 0 amide bonds. The smallest absolute Gasteiger partial charge is 0.159 e. The van der Waals surface area contributed by atoms with Crippen LogP contribution < -0.4 is 9.80 Å². The summed E-state index contributed by atoms with van der Waals surface area (Å²) >= 11 is 0. The summed E-state index contributed by atoms with van der Waals surface area (Å²) in [6.07, 6.45) is 3.51. The van der Waals surface area contributed by atoms with E-state index in [1.807, 2.05) is 6.34 Å². The van der Waals surface area contributed by atoms with Crippen molar-refractivity contribution in [3.8, 4) is 55.6 Å². The monoisotopic (exact) mass is 1320 g/mol. The van der Waals surface area contributed by atoms with Crippen LogP contribution in [-0.2, 0) is 0 Å². The number of hydrogen-bond donors (Lipinski definition) is 0. The zero-order chi connectivity index (χ0) is 68.0. The summed E-state index contributed by atoms with van der Waals surface area (Å²) in [7, 11) is 0. The van der Waals surface area contributed by atoms with Gasteiger partial charge >= 0.3 is 0 Å². The Balaban J connectivity index is 0.943. The van der Waals surface area contributed by atoms with Crippen LogP contribution in [0.2, 0.25) is 0 Å². The summed E-state index contributed by atoms with van der Waals surface area (Å²) < 4.78 is 22.5. The maximum Gasteiger partial charge on any atom is 0.159 e. The fourth-order valence-electron chi connectivity index (χ4n) is 17.0. The van der Waals surface area contributed by atoms with Crippen molar-refractivity contribution in [3.05, 3.63) is 315 Å². The molecule has 21 rings (SSSR count). The molecule has 0 radical (unpaired) electrons. The first-order valence-electron chi connectivity index (χ1n) is 35.4. The van der Waals surface area contributed by atoms with Crippen molar-refractivity contribution in [2.24, 2.45) is 9.98 Å². The molecule has 3 aromatic heterocycles. The number of fused-ring (bicyclic) bond motifs is 18. The molecule has 0 spiro atoms. The SMILES string of the molecule is CC(C)c1cc2c(N(c3cccc4c(-c5c6ccccc6cc6ccccc56)c5ccccc5cc34)c3cccc4oc5ccccc5c34)cc3cc(N4C=NC=NC4)c4oc5c(-c6cccc(-c7ccccc7)c6)cccc5c4c3c2c2oc3cccc(-c4ccc(-c5ccccc5)cc4)c3c12. The third-order valence-corrected chi connectivity index (χ3v) is 21.5. The molecule has 17 aromatic carbocycles. The molecule has 484 valence electrons. The molecular formula is C96H62N4O3. The van der Waals surface area contributed by atoms with E-state index in [0.29, 0.717) is 6.67 Å². The Morgan fingerprint density at radius 1 is 0.320 bits per heavy atom. The van der Waals surface area contributed by atoms with Gasteiger partial charge in [0.05, 0.1) is 34.5 Å². The molecule has 0 saturated heterocycles. The van der Waals surface area contributed by atoms with E-state index < -0.39 is 0 Å². The highest BCUT2D eigenvalue weighted by Crippen LogP contribution is 2.57. The van der Waals surface area contributed by atoms with Gasteiger partial charge in [0.2, 0.25) is 0 Å². The minimum atomic E-state index is 0.0340. The van der Waals surface area contributed by atoms with Gasteiger partial charge in [0, 0.05) is 54.0 Å². The lowest BCUT2D eigenvalue weighted by Crippen LogP contribution is -2.23. The molecule has 0 fully saturated rings. The number of furan rings is 3. The van der Waals surface area contributed by atoms with E-state index in [-0.39, 0.29) is 5.92 Å². The van der Waals surface area contributed by atoms with Gasteiger partial charge in [0.15, 0.2) is 5.58 Å². The Labute approximate surface area is 592 Å². The molecular weight excluding hydrogens is 1260 g/mol. The molecule has 1 aliphatic heterocycles. The quantitative estimate of drug-likeness (QED) is 0.101. The molecule has 20 aromatic rings. The molecule has 7 heteroatoms. The van der Waals surface area contributed by atoms with E-state index >= 15 is 0 Å². The first kappa shape index (κ1) is 58.6. The van der Waals surface area contributed by atoms with E-state index in [9.17, 15) is 0 Å². The van der Waals surface area contributed by atoms with Crippen LogP contribution >= 0.6 is 0 Å². The van der Waals surface area contributed by atoms with Crippen molar-refractivity contribution in [2.75, 3.05) is 16.5 Å². The van der Waals surface area contributed by atoms with Crippen LogP contribution in [-0.4, -0.2) is 19.3 Å². The molecule has 0 N–H and O–H groups in total. The number of anilines is 4. The van der Waals surface area contributed by atoms with Gasteiger partial charge in [-0.1, -0.05) is 257 Å². The molecule has 0 unspecified atom stereocenters. The van der Waals surface area contributed by atoms with Crippen molar-refractivity contribution < 1.29 is 13.3 Å². The van der Waals surface area contributed by atoms with E-state index in [4.69, 9.17) is 23.2 Å². The van der Waals surface area contributed by atoms with E-state index in [0.717, 1.165) is 165 Å². The largest absolute Gasteiger partial charge is 0.456 e. The van der Waals surface area contributed by atoms with Crippen molar-refractivity contribution in [2.45, 2.75) is 19.8 Å². The summed E-state index contributed by atoms with van der Waals surface area (Å²) in [5.41, 5.74) is 20.9. The number of para-hydroxylation sites is 2. The number of nitrogens with zero attached hydrogens (tertiary/aromatic N) is 4. The van der Waals surface area contributed by atoms with Gasteiger partial charge in [-0.3, -0.25) is 4.99 Å². The van der Waals surface area contributed by atoms with Crippen molar-refractivity contribution in [1.82, 2.24) is 0 Å². The van der Waals surface area contributed by atoms with E-state index in [1.165, 1.54) is 49.2 Å². The molecule has 0 atom stereocenters. The van der Waals surface area contributed by atoms with Gasteiger partial charge in [-0.05, 0) is 171 Å². The maximum atomic E-state index is 7.85. The Morgan fingerprint density at radius 3 is 1.61 bits per heavy atom. The fraction of sp³-hybridized carbons (Fsp3) is 0.0417. The zero-order valence-corrected chi connectivity index (χ0v) is 56.4. The predicted molar refractivity (Wildman–Crippen MR) is 434 cm³/mol. The molecule has 0 aliphatic carbocycles. The molecule has 0 bridgehead atoms. The van der Waals surface area contributed by atoms with E-state index in [1.54, 1.807) is 6.34 Å². The molecule has 7 nitrogen and oxygen atoms in total. The number of hydrogen-bond acceptors (Lipinski definition) is 7. The minimum Gasteiger partial charge on any atom is -0.456 e. The highest BCUT2D eigenvalue weighted by atomic mass is 16.3. The molecule has 103 heavy (non-hydrogen) atoms. The Bertz CT molecular complexity index is 6950. The predicted octanol–water partition coefficient (Wildman–Crippen LogP) is 27.1. The van der Waals surface area contributed by atoms with Crippen LogP contribution in [0.4, 0.5) is 22.7 Å². The van der Waals surface area contributed by atoms with Crippen LogP contribution in [0.3, 0.4) is 0 Å². The number of benzene rings is 17. The van der Waals surface area contributed by atoms with Gasteiger partial charge in [0.1, 0.15) is 40.9 Å². The molecule has 0 saturated carbocycles. The second-order valence-electron chi connectivity index (χ2n) is 27.6. The van der Waals surface area contributed by atoms with Crippen LogP contribution in [0, 0.1) is 0 Å². The summed E-state index contributed by atoms with van der Waals surface area (Å²) in [6, 6.07) is 113. The van der Waals surface area contributed by atoms with Crippen molar-refractivity contribution in [3.63, 3.8) is 0 Å². The van der Waals surface area contributed by atoms with Crippen LogP contribution in [0.25, 0.3) is 186 Å². The van der Waals surface area contributed by atoms with Crippen molar-refractivity contribution >= 4 is 166 Å². The average Bonchev–Trinajstić information content (AvgIpc) is 1.62. The topological polar surface area (TPSA) is 70.6 Å². The normalized spacial score (nSPS) is 12.7. The fourth-order valence-corrected chi connectivity index (χ4v) is 17.0. The first-order valence-corrected chi connectivity index (χ1v) is 35.4. The summed E-state index contributed by atoms with van der Waals surface area (Å²) in [5, 5.41) is 19.4. The first-order chi connectivity index (χ1) is 50.9. The van der Waals surface area contributed by atoms with Crippen molar-refractivity contribution in [1.29, 1.82) is 0 Å². The maximum absolute atomic E-state index is 7.85. The lowest BCUT2D eigenvalue weighted by Gasteiger charge is -2.30. The Hall–Kier alpha value is -13.4. The highest BCUT2D eigenvalue weighted by molar-refractivity contribution is 6.38. The van der Waals surface area contributed by atoms with Crippen LogP contribution in [0.5, 0.6) is 0 Å². The number of rotatable bonds is 10. The lowest BCUT2D eigenvalue weighted by molar-refractivity contribution is 0.668. The lowest BCUT2D eigenvalue weighted by atomic mass is 9.85. The average molecular weight is 1320 g/mol. The minimum absolute atomic E-state index is 0.0340. The van der Waals surface area contributed by atoms with Gasteiger partial charge in [-0.2, -0.15) is 0 Å². The second kappa shape index (κ2) is 23.1. The van der Waals surface area contributed by atoms with E-state index in [2.05, 4.69) is 333 Å². The van der Waals surface area contributed by atoms with Gasteiger partial charge < -0.3 is 23.1 Å². The summed E-state index contributed by atoms with van der Waals surface area (Å²) in [5.74, 6) is 0.0340. The third kappa shape index (κ3) is 9.08. The zero-order valence-electron chi connectivity index (χ0n) is 56.4. The van der Waals surface area contributed by atoms with Gasteiger partial charge in [-0.25, -0.2) is 4.99 Å². The standard InChI is InChI=1S/C96H62N4O3/c1-57(2)76-53-78-81(100(80-40-21-43-84-89(80)74-34-15-16-41-83(74)101-84)79-39-19-37-73-77(79)50-66-28-11-14-33-71(66)88(73)87-69-31-12-9-26-63(69)49-64-27-10-13-32-70(64)87)51-67-52-82(99-55-97-54-98-56-99)95-91(75-38-18-36-72(94(75)103-95)65-30-17-29-62(48-65)59-24-7-4-8-25-59)86(67)93(78)96-92(76)90-68(35-20-42-85(90)102-96)61-46-44-60(45-47-61)58-22-5-3-6-23-58/h3-55,57H,56H2,1-2H3. The van der Waals surface area contributed by atoms with Gasteiger partial charge in [0.25, 0.3) is 0 Å². The Kier molecular flexibility index (Phi) is 13.1. The highest BCUT2D eigenvalue weighted by Gasteiger charge is 2.32. The summed E-state index contributed by atoms with van der Waals surface area (Å²) in [6.45, 7) is 4.99. The van der Waals surface area contributed by atoms with Crippen LogP contribution in [0.15, 0.2) is 333 Å². The second-order valence-corrected chi connectivity index (χ2v) is 27.6. The van der Waals surface area contributed by atoms with Crippen LogP contribution in [0.1, 0.15) is 25.3 Å².